The molecule has 1 aliphatic heterocycles. The van der Waals surface area contributed by atoms with Crippen LogP contribution in [-0.2, 0) is 21.5 Å². The zero-order chi connectivity index (χ0) is 23.6. The highest BCUT2D eigenvalue weighted by atomic mass is 16.5. The van der Waals surface area contributed by atoms with Crippen LogP contribution in [0.15, 0.2) is 42.5 Å². The largest absolute Gasteiger partial charge is 0.497 e. The third kappa shape index (κ3) is 4.34. The molecule has 178 valence electrons. The molecule has 1 saturated heterocycles. The van der Waals surface area contributed by atoms with E-state index in [1.807, 2.05) is 26.0 Å². The molecule has 1 aliphatic carbocycles. The normalized spacial score (nSPS) is 21.8. The van der Waals surface area contributed by atoms with Crippen LogP contribution in [0.5, 0.6) is 11.5 Å². The molecular formula is C27H36N2O4. The number of likely N-dealkylation sites (tertiary alicyclic amines) is 1. The number of ether oxygens (including phenoxy) is 3. The number of hydrogen-bond donors (Lipinski definition) is 1. The van der Waals surface area contributed by atoms with Crippen molar-refractivity contribution in [2.75, 3.05) is 34.4 Å². The first kappa shape index (κ1) is 23.6. The highest BCUT2D eigenvalue weighted by molar-refractivity contribution is 5.78. The summed E-state index contributed by atoms with van der Waals surface area (Å²) >= 11 is 0. The summed E-state index contributed by atoms with van der Waals surface area (Å²) in [7, 11) is 5.17. The number of fused-ring (bicyclic) bond motifs is 2. The average Bonchev–Trinajstić information content (AvgIpc) is 3.08. The summed E-state index contributed by atoms with van der Waals surface area (Å²) in [5, 5.41) is 3.28. The maximum Gasteiger partial charge on any atom is 0.223 e. The maximum absolute atomic E-state index is 12.6. The number of carbonyl (C=O) groups is 1. The molecule has 1 fully saturated rings. The topological polar surface area (TPSA) is 60.0 Å². The minimum Gasteiger partial charge on any atom is -0.497 e. The molecule has 2 aromatic rings. The lowest BCUT2D eigenvalue weighted by molar-refractivity contribution is -0.126. The molecule has 4 rings (SSSR count). The van der Waals surface area contributed by atoms with Crippen molar-refractivity contribution >= 4 is 5.91 Å². The molecule has 1 amide bonds. The number of amides is 1. The van der Waals surface area contributed by atoms with Crippen LogP contribution in [0.1, 0.15) is 49.4 Å². The summed E-state index contributed by atoms with van der Waals surface area (Å²) in [4.78, 5) is 15.1. The fourth-order valence-corrected chi connectivity index (χ4v) is 5.60. The predicted octanol–water partition coefficient (Wildman–Crippen LogP) is 4.08. The number of carbonyl (C=O) groups excluding carboxylic acids is 1. The molecule has 2 atom stereocenters. The molecule has 0 saturated carbocycles. The average molecular weight is 453 g/mol. The van der Waals surface area contributed by atoms with Crippen LogP contribution in [0.25, 0.3) is 0 Å². The number of hydrogen-bond acceptors (Lipinski definition) is 5. The molecule has 0 radical (unpaired) electrons. The monoisotopic (exact) mass is 452 g/mol. The van der Waals surface area contributed by atoms with E-state index in [-0.39, 0.29) is 29.4 Å². The van der Waals surface area contributed by atoms with Gasteiger partial charge in [-0.15, -0.1) is 0 Å². The van der Waals surface area contributed by atoms with Crippen molar-refractivity contribution in [1.29, 1.82) is 0 Å². The van der Waals surface area contributed by atoms with E-state index >= 15 is 0 Å². The Labute approximate surface area is 197 Å². The Bertz CT molecular complexity index is 982. The second-order valence-corrected chi connectivity index (χ2v) is 9.49. The Morgan fingerprint density at radius 2 is 1.82 bits per heavy atom. The van der Waals surface area contributed by atoms with Crippen LogP contribution in [-0.4, -0.2) is 51.3 Å². The van der Waals surface area contributed by atoms with Crippen LogP contribution in [0.3, 0.4) is 0 Å². The van der Waals surface area contributed by atoms with Crippen LogP contribution in [0.2, 0.25) is 0 Å². The van der Waals surface area contributed by atoms with Gasteiger partial charge in [0.25, 0.3) is 0 Å². The van der Waals surface area contributed by atoms with E-state index in [1.165, 1.54) is 11.1 Å². The van der Waals surface area contributed by atoms with Gasteiger partial charge in [-0.1, -0.05) is 38.1 Å². The van der Waals surface area contributed by atoms with E-state index in [1.54, 1.807) is 21.3 Å². The first-order valence-corrected chi connectivity index (χ1v) is 11.8. The second-order valence-electron chi connectivity index (χ2n) is 9.49. The van der Waals surface area contributed by atoms with Crippen LogP contribution >= 0.6 is 0 Å². The molecule has 1 N–H and O–H groups in total. The molecule has 1 spiro atoms. The molecule has 6 heteroatoms. The number of methoxy groups -OCH3 is 3. The lowest BCUT2D eigenvalue weighted by Gasteiger charge is -2.44. The van der Waals surface area contributed by atoms with E-state index in [0.717, 1.165) is 49.5 Å². The fraction of sp³-hybridized carbons (Fsp3) is 0.519. The third-order valence-electron chi connectivity index (χ3n) is 7.39. The van der Waals surface area contributed by atoms with Crippen molar-refractivity contribution < 1.29 is 19.0 Å². The van der Waals surface area contributed by atoms with Gasteiger partial charge in [-0.05, 0) is 55.3 Å². The molecule has 2 aromatic carbocycles. The Morgan fingerprint density at radius 3 is 2.45 bits per heavy atom. The second kappa shape index (κ2) is 9.74. The van der Waals surface area contributed by atoms with Gasteiger partial charge in [0.1, 0.15) is 11.5 Å². The molecule has 0 unspecified atom stereocenters. The van der Waals surface area contributed by atoms with Gasteiger partial charge in [0.2, 0.25) is 5.91 Å². The van der Waals surface area contributed by atoms with Gasteiger partial charge in [0.05, 0.1) is 26.4 Å². The van der Waals surface area contributed by atoms with E-state index in [9.17, 15) is 4.79 Å². The molecule has 6 nitrogen and oxygen atoms in total. The number of nitrogens with zero attached hydrogens (tertiary/aromatic N) is 1. The summed E-state index contributed by atoms with van der Waals surface area (Å²) in [5.74, 6) is 1.73. The summed E-state index contributed by atoms with van der Waals surface area (Å²) in [6, 6.07) is 14.4. The van der Waals surface area contributed by atoms with E-state index in [2.05, 4.69) is 40.5 Å². The van der Waals surface area contributed by atoms with Crippen LogP contribution < -0.4 is 14.8 Å². The van der Waals surface area contributed by atoms with Crippen molar-refractivity contribution in [3.05, 3.63) is 59.2 Å². The Hall–Kier alpha value is -2.57. The molecule has 0 bridgehead atoms. The SMILES string of the molecule is COc1ccc(OC)c(CN2CCC3(CC2)c2ccccc2[C@H](NC(=O)C(C)C)[C@H]3OC)c1. The smallest absolute Gasteiger partial charge is 0.223 e. The van der Waals surface area contributed by atoms with Gasteiger partial charge >= 0.3 is 0 Å². The lowest BCUT2D eigenvalue weighted by atomic mass is 9.71. The van der Waals surface area contributed by atoms with Gasteiger partial charge in [0.15, 0.2) is 0 Å². The number of benzene rings is 2. The van der Waals surface area contributed by atoms with Gasteiger partial charge in [-0.25, -0.2) is 0 Å². The molecule has 0 aromatic heterocycles. The minimum absolute atomic E-state index is 0.0640. The van der Waals surface area contributed by atoms with Crippen LogP contribution in [0.4, 0.5) is 0 Å². The van der Waals surface area contributed by atoms with Gasteiger partial charge < -0.3 is 19.5 Å². The van der Waals surface area contributed by atoms with Crippen molar-refractivity contribution in [3.63, 3.8) is 0 Å². The van der Waals surface area contributed by atoms with E-state index in [4.69, 9.17) is 14.2 Å². The number of nitrogens with one attached hydrogen (secondary N) is 1. The third-order valence-corrected chi connectivity index (χ3v) is 7.39. The zero-order valence-corrected chi connectivity index (χ0v) is 20.4. The maximum atomic E-state index is 12.6. The van der Waals surface area contributed by atoms with E-state index in [0.29, 0.717) is 0 Å². The predicted molar refractivity (Wildman–Crippen MR) is 129 cm³/mol. The van der Waals surface area contributed by atoms with Crippen LogP contribution in [0, 0.1) is 5.92 Å². The minimum atomic E-state index is -0.119. The summed E-state index contributed by atoms with van der Waals surface area (Å²) < 4.78 is 17.1. The Morgan fingerprint density at radius 1 is 1.09 bits per heavy atom. The zero-order valence-electron chi connectivity index (χ0n) is 20.4. The Balaban J connectivity index is 1.56. The first-order valence-electron chi connectivity index (χ1n) is 11.8. The highest BCUT2D eigenvalue weighted by Gasteiger charge is 2.54. The van der Waals surface area contributed by atoms with E-state index < -0.39 is 0 Å². The highest BCUT2D eigenvalue weighted by Crippen LogP contribution is 2.52. The van der Waals surface area contributed by atoms with Crippen molar-refractivity contribution in [2.45, 2.75) is 50.8 Å². The number of piperidine rings is 1. The molecule has 2 aliphatic rings. The van der Waals surface area contributed by atoms with Crippen molar-refractivity contribution in [1.82, 2.24) is 10.2 Å². The van der Waals surface area contributed by atoms with Crippen molar-refractivity contribution in [3.8, 4) is 11.5 Å². The van der Waals surface area contributed by atoms with Crippen molar-refractivity contribution in [2.24, 2.45) is 5.92 Å². The molecule has 33 heavy (non-hydrogen) atoms. The summed E-state index contributed by atoms with van der Waals surface area (Å²) in [6.45, 7) is 6.56. The summed E-state index contributed by atoms with van der Waals surface area (Å²) in [6.07, 6.45) is 1.87. The standard InChI is InChI=1S/C27H36N2O4/c1-18(2)26(30)28-24-21-8-6-7-9-22(21)27(25(24)33-5)12-14-29(15-13-27)17-19-16-20(31-3)10-11-23(19)32-4/h6-11,16,18,24-25H,12-15,17H2,1-5H3,(H,28,30)/t24-,25+/m0/s1. The lowest BCUT2D eigenvalue weighted by Crippen LogP contribution is -2.50. The molecule has 1 heterocycles. The number of rotatable bonds is 7. The quantitative estimate of drug-likeness (QED) is 0.686. The fourth-order valence-electron chi connectivity index (χ4n) is 5.60. The Kier molecular flexibility index (Phi) is 6.96. The van der Waals surface area contributed by atoms with Gasteiger partial charge in [-0.3, -0.25) is 9.69 Å². The summed E-state index contributed by atoms with van der Waals surface area (Å²) in [5.41, 5.74) is 3.55. The van der Waals surface area contributed by atoms with Gasteiger partial charge in [0, 0.05) is 30.6 Å². The molecular weight excluding hydrogens is 416 g/mol. The van der Waals surface area contributed by atoms with Gasteiger partial charge in [-0.2, -0.15) is 0 Å². The first-order chi connectivity index (χ1) is 15.9.